The van der Waals surface area contributed by atoms with Crippen LogP contribution < -0.4 is 0 Å². The highest BCUT2D eigenvalue weighted by Gasteiger charge is 2.45. The monoisotopic (exact) mass is 178 g/mol. The van der Waals surface area contributed by atoms with Gasteiger partial charge in [0.2, 0.25) is 0 Å². The molecule has 3 rings (SSSR count). The zero-order chi connectivity index (χ0) is 8.89. The first-order valence-electron chi connectivity index (χ1n) is 5.74. The van der Waals surface area contributed by atoms with E-state index in [-0.39, 0.29) is 5.60 Å². The van der Waals surface area contributed by atoms with Crippen LogP contribution in [0, 0.1) is 5.92 Å². The molecule has 0 heterocycles. The van der Waals surface area contributed by atoms with Crippen LogP contribution in [0.25, 0.3) is 0 Å². The van der Waals surface area contributed by atoms with Crippen molar-refractivity contribution < 1.29 is 5.11 Å². The zero-order valence-corrected chi connectivity index (χ0v) is 8.18. The molecule has 0 bridgehead atoms. The Morgan fingerprint density at radius 1 is 1.15 bits per heavy atom. The summed E-state index contributed by atoms with van der Waals surface area (Å²) in [6.07, 6.45) is 9.83. The topological polar surface area (TPSA) is 20.2 Å². The summed E-state index contributed by atoms with van der Waals surface area (Å²) >= 11 is 0. The van der Waals surface area contributed by atoms with Gasteiger partial charge < -0.3 is 5.11 Å². The number of aliphatic hydroxyl groups is 1. The summed E-state index contributed by atoms with van der Waals surface area (Å²) < 4.78 is 0. The van der Waals surface area contributed by atoms with Gasteiger partial charge in [-0.15, -0.1) is 0 Å². The van der Waals surface area contributed by atoms with Crippen LogP contribution in [-0.4, -0.2) is 10.7 Å². The first kappa shape index (κ1) is 8.05. The van der Waals surface area contributed by atoms with Gasteiger partial charge in [0, 0.05) is 0 Å². The minimum absolute atomic E-state index is 0.340. The summed E-state index contributed by atoms with van der Waals surface area (Å²) in [6, 6.07) is 0. The predicted molar refractivity (Wildman–Crippen MR) is 52.4 cm³/mol. The Balaban J connectivity index is 1.91. The lowest BCUT2D eigenvalue weighted by atomic mass is 9.87. The van der Waals surface area contributed by atoms with E-state index in [9.17, 15) is 5.11 Å². The molecule has 0 aliphatic heterocycles. The summed E-state index contributed by atoms with van der Waals surface area (Å²) in [5.74, 6) is 0.792. The SMILES string of the molecule is OC1(C(=C2CC2)C2CC2)CCCC1. The number of hydrogen-bond donors (Lipinski definition) is 1. The van der Waals surface area contributed by atoms with Crippen LogP contribution in [0.4, 0.5) is 0 Å². The molecule has 1 nitrogen and oxygen atoms in total. The average molecular weight is 178 g/mol. The normalized spacial score (nSPS) is 30.7. The lowest BCUT2D eigenvalue weighted by Gasteiger charge is -2.26. The minimum Gasteiger partial charge on any atom is -0.385 e. The molecular formula is C12H18O. The highest BCUT2D eigenvalue weighted by atomic mass is 16.3. The third-order valence-corrected chi connectivity index (χ3v) is 3.80. The van der Waals surface area contributed by atoms with Crippen molar-refractivity contribution in [2.24, 2.45) is 5.92 Å². The van der Waals surface area contributed by atoms with E-state index in [1.165, 1.54) is 44.1 Å². The van der Waals surface area contributed by atoms with E-state index in [2.05, 4.69) is 0 Å². The van der Waals surface area contributed by atoms with Gasteiger partial charge in [-0.2, -0.15) is 0 Å². The molecule has 0 aromatic rings. The van der Waals surface area contributed by atoms with Crippen LogP contribution in [0.1, 0.15) is 51.4 Å². The number of allylic oxidation sites excluding steroid dienone is 1. The summed E-state index contributed by atoms with van der Waals surface area (Å²) in [5, 5.41) is 10.5. The van der Waals surface area contributed by atoms with Gasteiger partial charge in [-0.25, -0.2) is 0 Å². The van der Waals surface area contributed by atoms with Crippen molar-refractivity contribution in [1.29, 1.82) is 0 Å². The molecule has 72 valence electrons. The van der Waals surface area contributed by atoms with E-state index in [1.807, 2.05) is 0 Å². The van der Waals surface area contributed by atoms with Gasteiger partial charge in [0.15, 0.2) is 0 Å². The van der Waals surface area contributed by atoms with Crippen LogP contribution in [0.15, 0.2) is 11.1 Å². The van der Waals surface area contributed by atoms with Crippen molar-refractivity contribution in [2.45, 2.75) is 57.0 Å². The smallest absolute Gasteiger partial charge is 0.0862 e. The molecule has 3 fully saturated rings. The molecule has 13 heavy (non-hydrogen) atoms. The predicted octanol–water partition coefficient (Wildman–Crippen LogP) is 2.79. The lowest BCUT2D eigenvalue weighted by molar-refractivity contribution is 0.0801. The van der Waals surface area contributed by atoms with E-state index in [0.29, 0.717) is 0 Å². The van der Waals surface area contributed by atoms with Crippen LogP contribution in [-0.2, 0) is 0 Å². The van der Waals surface area contributed by atoms with E-state index in [1.54, 1.807) is 5.57 Å². The van der Waals surface area contributed by atoms with E-state index < -0.39 is 0 Å². The average Bonchev–Trinajstić information content (AvgIpc) is 2.98. The van der Waals surface area contributed by atoms with Gasteiger partial charge in [0.25, 0.3) is 0 Å². The Morgan fingerprint density at radius 2 is 1.77 bits per heavy atom. The second-order valence-corrected chi connectivity index (χ2v) is 5.03. The van der Waals surface area contributed by atoms with Gasteiger partial charge in [-0.3, -0.25) is 0 Å². The lowest BCUT2D eigenvalue weighted by Crippen LogP contribution is -2.28. The molecule has 3 aliphatic carbocycles. The molecule has 0 saturated heterocycles. The molecule has 1 N–H and O–H groups in total. The van der Waals surface area contributed by atoms with E-state index >= 15 is 0 Å². The third kappa shape index (κ3) is 1.34. The summed E-state index contributed by atoms with van der Waals surface area (Å²) in [5.41, 5.74) is 2.78. The van der Waals surface area contributed by atoms with E-state index in [0.717, 1.165) is 18.8 Å². The quantitative estimate of drug-likeness (QED) is 0.645. The third-order valence-electron chi connectivity index (χ3n) is 3.80. The standard InChI is InChI=1S/C12H18O/c13-12(7-1-2-8-12)11(9-3-4-9)10-5-6-10/h9,13H,1-8H2. The summed E-state index contributed by atoms with van der Waals surface area (Å²) in [6.45, 7) is 0. The Hall–Kier alpha value is -0.300. The largest absolute Gasteiger partial charge is 0.385 e. The van der Waals surface area contributed by atoms with Gasteiger partial charge >= 0.3 is 0 Å². The molecule has 0 atom stereocenters. The van der Waals surface area contributed by atoms with Crippen molar-refractivity contribution in [3.05, 3.63) is 11.1 Å². The van der Waals surface area contributed by atoms with Gasteiger partial charge in [-0.05, 0) is 50.0 Å². The highest BCUT2D eigenvalue weighted by molar-refractivity contribution is 5.36. The molecular weight excluding hydrogens is 160 g/mol. The fraction of sp³-hybridized carbons (Fsp3) is 0.833. The van der Waals surface area contributed by atoms with Crippen molar-refractivity contribution in [3.63, 3.8) is 0 Å². The van der Waals surface area contributed by atoms with Crippen LogP contribution in [0.5, 0.6) is 0 Å². The maximum absolute atomic E-state index is 10.5. The maximum atomic E-state index is 10.5. The van der Waals surface area contributed by atoms with E-state index in [4.69, 9.17) is 0 Å². The molecule has 0 amide bonds. The Bertz CT molecular complexity index is 248. The van der Waals surface area contributed by atoms with Crippen molar-refractivity contribution >= 4 is 0 Å². The van der Waals surface area contributed by atoms with Gasteiger partial charge in [0.1, 0.15) is 0 Å². The first-order valence-corrected chi connectivity index (χ1v) is 5.74. The zero-order valence-electron chi connectivity index (χ0n) is 8.18. The molecule has 0 radical (unpaired) electrons. The Morgan fingerprint density at radius 3 is 2.23 bits per heavy atom. The minimum atomic E-state index is -0.340. The van der Waals surface area contributed by atoms with Crippen molar-refractivity contribution in [3.8, 4) is 0 Å². The Kier molecular flexibility index (Phi) is 1.61. The van der Waals surface area contributed by atoms with Crippen molar-refractivity contribution in [1.82, 2.24) is 0 Å². The van der Waals surface area contributed by atoms with Gasteiger partial charge in [0.05, 0.1) is 5.60 Å². The van der Waals surface area contributed by atoms with Crippen LogP contribution in [0.3, 0.4) is 0 Å². The van der Waals surface area contributed by atoms with Gasteiger partial charge in [-0.1, -0.05) is 18.4 Å². The first-order chi connectivity index (χ1) is 6.30. The van der Waals surface area contributed by atoms with Crippen LogP contribution >= 0.6 is 0 Å². The molecule has 3 saturated carbocycles. The second-order valence-electron chi connectivity index (χ2n) is 5.03. The second kappa shape index (κ2) is 2.60. The molecule has 1 heteroatoms. The molecule has 0 unspecified atom stereocenters. The Labute approximate surface area is 79.8 Å². The van der Waals surface area contributed by atoms with Crippen LogP contribution in [0.2, 0.25) is 0 Å². The molecule has 0 spiro atoms. The number of rotatable bonds is 2. The van der Waals surface area contributed by atoms with Crippen molar-refractivity contribution in [2.75, 3.05) is 0 Å². The molecule has 3 aliphatic rings. The fourth-order valence-electron chi connectivity index (χ4n) is 2.93. The fourth-order valence-corrected chi connectivity index (χ4v) is 2.93. The molecule has 0 aromatic carbocycles. The number of hydrogen-bond acceptors (Lipinski definition) is 1. The maximum Gasteiger partial charge on any atom is 0.0862 e. The molecule has 0 aromatic heterocycles. The summed E-state index contributed by atoms with van der Waals surface area (Å²) in [4.78, 5) is 0. The summed E-state index contributed by atoms with van der Waals surface area (Å²) in [7, 11) is 0. The highest BCUT2D eigenvalue weighted by Crippen LogP contribution is 2.53.